The van der Waals surface area contributed by atoms with E-state index >= 15 is 0 Å². The largest absolute Gasteiger partial charge is 0.466 e. The third-order valence-corrected chi connectivity index (χ3v) is 16.8. The van der Waals surface area contributed by atoms with Crippen molar-refractivity contribution in [3.05, 3.63) is 12.2 Å². The van der Waals surface area contributed by atoms with Crippen LogP contribution < -0.4 is 5.32 Å². The summed E-state index contributed by atoms with van der Waals surface area (Å²) in [5.74, 6) is -0.0105. The summed E-state index contributed by atoms with van der Waals surface area (Å²) in [5, 5.41) is 23.2. The SMILES string of the molecule is CCCCCCCC/C=C\CCCCCCCCCC(=O)OCCCCCCCCCCCCCCCCCCCCCCCCCCCCCCCCCCCC(=O)NC(CO)C(O)CCCCCCCCCCCC. The van der Waals surface area contributed by atoms with Crippen molar-refractivity contribution in [3.63, 3.8) is 0 Å². The summed E-state index contributed by atoms with van der Waals surface area (Å²) < 4.78 is 5.51. The topological polar surface area (TPSA) is 95.9 Å². The molecule has 0 spiro atoms. The van der Waals surface area contributed by atoms with E-state index in [1.54, 1.807) is 0 Å². The highest BCUT2D eigenvalue weighted by Crippen LogP contribution is 2.19. The number of hydrogen-bond acceptors (Lipinski definition) is 5. The van der Waals surface area contributed by atoms with Crippen molar-refractivity contribution in [1.82, 2.24) is 5.32 Å². The second-order valence-corrected chi connectivity index (χ2v) is 24.6. The zero-order chi connectivity index (χ0) is 55.7. The number of nitrogens with one attached hydrogen (secondary N) is 1. The highest BCUT2D eigenvalue weighted by atomic mass is 16.5. The number of hydrogen-bond donors (Lipinski definition) is 3. The first-order valence-corrected chi connectivity index (χ1v) is 35.4. The standard InChI is InChI=1S/C71H139NO5/c1-3-5-7-9-11-13-15-16-17-35-39-42-45-49-53-57-61-65-71(76)77-66-62-58-54-50-46-43-40-37-34-32-30-28-26-24-22-20-18-19-21-23-25-27-29-31-33-36-38-41-44-48-52-56-60-64-70(75)72-68(67-73)69(74)63-59-55-51-47-14-12-10-8-6-4-2/h16-17,68-69,73-74H,3-15,18-67H2,1-2H3,(H,72,75)/b17-16-. The van der Waals surface area contributed by atoms with Crippen LogP contribution in [0.2, 0.25) is 0 Å². The maximum Gasteiger partial charge on any atom is 0.305 e. The van der Waals surface area contributed by atoms with Gasteiger partial charge in [-0.25, -0.2) is 0 Å². The van der Waals surface area contributed by atoms with E-state index in [4.69, 9.17) is 4.74 Å². The summed E-state index contributed by atoms with van der Waals surface area (Å²) in [5.41, 5.74) is 0. The number of rotatable bonds is 67. The lowest BCUT2D eigenvalue weighted by molar-refractivity contribution is -0.143. The number of aliphatic hydroxyl groups is 2. The van der Waals surface area contributed by atoms with Gasteiger partial charge in [-0.15, -0.1) is 0 Å². The molecule has 0 rings (SSSR count). The van der Waals surface area contributed by atoms with Crippen molar-refractivity contribution >= 4 is 11.9 Å². The summed E-state index contributed by atoms with van der Waals surface area (Å²) in [6.45, 7) is 4.97. The molecule has 2 atom stereocenters. The lowest BCUT2D eigenvalue weighted by Gasteiger charge is -2.22. The normalized spacial score (nSPS) is 12.5. The maximum atomic E-state index is 12.4. The number of carbonyl (C=O) groups excluding carboxylic acids is 2. The van der Waals surface area contributed by atoms with Crippen molar-refractivity contribution < 1.29 is 24.5 Å². The Morgan fingerprint density at radius 3 is 0.922 bits per heavy atom. The van der Waals surface area contributed by atoms with Gasteiger partial charge in [-0.05, 0) is 51.4 Å². The molecule has 458 valence electrons. The Balaban J connectivity index is 3.28. The molecule has 0 aromatic heterocycles. The molecule has 1 amide bonds. The average molecular weight is 1090 g/mol. The molecule has 77 heavy (non-hydrogen) atoms. The van der Waals surface area contributed by atoms with E-state index in [1.165, 1.54) is 334 Å². The second kappa shape index (κ2) is 67.1. The van der Waals surface area contributed by atoms with Gasteiger partial charge in [0.1, 0.15) is 0 Å². The molecule has 0 bridgehead atoms. The average Bonchev–Trinajstić information content (AvgIpc) is 3.43. The highest BCUT2D eigenvalue weighted by molar-refractivity contribution is 5.76. The zero-order valence-corrected chi connectivity index (χ0v) is 52.5. The minimum atomic E-state index is -0.658. The first-order valence-electron chi connectivity index (χ1n) is 35.4. The van der Waals surface area contributed by atoms with Crippen LogP contribution in [-0.4, -0.2) is 47.4 Å². The fourth-order valence-corrected chi connectivity index (χ4v) is 11.4. The molecule has 6 nitrogen and oxygen atoms in total. The number of aliphatic hydroxyl groups excluding tert-OH is 2. The smallest absolute Gasteiger partial charge is 0.305 e. The minimum Gasteiger partial charge on any atom is -0.466 e. The molecule has 0 fully saturated rings. The van der Waals surface area contributed by atoms with Crippen LogP contribution in [0.1, 0.15) is 406 Å². The number of carbonyl (C=O) groups is 2. The Hall–Kier alpha value is -1.40. The number of ether oxygens (including phenoxy) is 1. The van der Waals surface area contributed by atoms with Crippen LogP contribution in [0.15, 0.2) is 12.2 Å². The van der Waals surface area contributed by atoms with E-state index in [1.807, 2.05) is 0 Å². The van der Waals surface area contributed by atoms with E-state index in [0.29, 0.717) is 25.9 Å². The molecular weight excluding hydrogens is 947 g/mol. The third-order valence-electron chi connectivity index (χ3n) is 16.8. The first-order chi connectivity index (χ1) is 38.0. The molecule has 0 heterocycles. The molecule has 2 unspecified atom stereocenters. The number of amides is 1. The highest BCUT2D eigenvalue weighted by Gasteiger charge is 2.20. The predicted molar refractivity (Wildman–Crippen MR) is 338 cm³/mol. The van der Waals surface area contributed by atoms with Gasteiger partial charge in [0.15, 0.2) is 0 Å². The number of allylic oxidation sites excluding steroid dienone is 2. The van der Waals surface area contributed by atoms with Crippen LogP contribution in [-0.2, 0) is 14.3 Å². The van der Waals surface area contributed by atoms with Crippen molar-refractivity contribution in [2.24, 2.45) is 0 Å². The number of esters is 1. The molecule has 0 saturated carbocycles. The molecule has 0 aliphatic heterocycles. The van der Waals surface area contributed by atoms with E-state index in [-0.39, 0.29) is 18.5 Å². The van der Waals surface area contributed by atoms with E-state index in [9.17, 15) is 19.8 Å². The molecule has 0 aliphatic carbocycles. The molecule has 0 aromatic rings. The van der Waals surface area contributed by atoms with Gasteiger partial charge in [0.2, 0.25) is 5.91 Å². The van der Waals surface area contributed by atoms with Gasteiger partial charge in [0, 0.05) is 12.8 Å². The Labute approximate surface area is 482 Å². The maximum absolute atomic E-state index is 12.4. The Morgan fingerprint density at radius 2 is 0.610 bits per heavy atom. The summed E-state index contributed by atoms with van der Waals surface area (Å²) in [6, 6.07) is -0.535. The van der Waals surface area contributed by atoms with E-state index in [0.717, 1.165) is 38.5 Å². The molecular formula is C71H139NO5. The van der Waals surface area contributed by atoms with Crippen molar-refractivity contribution in [3.8, 4) is 0 Å². The van der Waals surface area contributed by atoms with Gasteiger partial charge in [-0.1, -0.05) is 353 Å². The van der Waals surface area contributed by atoms with Gasteiger partial charge in [0.05, 0.1) is 25.4 Å². The molecule has 3 N–H and O–H groups in total. The quantitative estimate of drug-likeness (QED) is 0.0320. The summed E-state index contributed by atoms with van der Waals surface area (Å²) in [6.07, 6.45) is 82.8. The van der Waals surface area contributed by atoms with Crippen LogP contribution in [0.3, 0.4) is 0 Å². The summed E-state index contributed by atoms with van der Waals surface area (Å²) >= 11 is 0. The third kappa shape index (κ3) is 63.6. The van der Waals surface area contributed by atoms with Gasteiger partial charge in [-0.3, -0.25) is 9.59 Å². The van der Waals surface area contributed by atoms with Gasteiger partial charge >= 0.3 is 5.97 Å². The van der Waals surface area contributed by atoms with Crippen LogP contribution in [0, 0.1) is 0 Å². The van der Waals surface area contributed by atoms with Gasteiger partial charge in [-0.2, -0.15) is 0 Å². The monoisotopic (exact) mass is 1090 g/mol. The summed E-state index contributed by atoms with van der Waals surface area (Å²) in [4.78, 5) is 24.5. The van der Waals surface area contributed by atoms with Crippen molar-refractivity contribution in [2.75, 3.05) is 13.2 Å². The predicted octanol–water partition coefficient (Wildman–Crippen LogP) is 22.8. The van der Waals surface area contributed by atoms with Crippen LogP contribution in [0.4, 0.5) is 0 Å². The fourth-order valence-electron chi connectivity index (χ4n) is 11.4. The van der Waals surface area contributed by atoms with E-state index in [2.05, 4.69) is 31.3 Å². The molecule has 0 aliphatic rings. The molecule has 6 heteroatoms. The molecule has 0 radical (unpaired) electrons. The molecule has 0 aromatic carbocycles. The van der Waals surface area contributed by atoms with E-state index < -0.39 is 12.1 Å². The minimum absolute atomic E-state index is 0.0191. The Morgan fingerprint density at radius 1 is 0.351 bits per heavy atom. The summed E-state index contributed by atoms with van der Waals surface area (Å²) in [7, 11) is 0. The Kier molecular flexibility index (Phi) is 65.9. The fraction of sp³-hybridized carbons (Fsp3) is 0.944. The lowest BCUT2D eigenvalue weighted by atomic mass is 10.0. The van der Waals surface area contributed by atoms with Crippen molar-refractivity contribution in [2.45, 2.75) is 418 Å². The van der Waals surface area contributed by atoms with Crippen molar-refractivity contribution in [1.29, 1.82) is 0 Å². The lowest BCUT2D eigenvalue weighted by Crippen LogP contribution is -2.45. The van der Waals surface area contributed by atoms with Crippen LogP contribution in [0.25, 0.3) is 0 Å². The second-order valence-electron chi connectivity index (χ2n) is 24.6. The van der Waals surface area contributed by atoms with Gasteiger partial charge < -0.3 is 20.3 Å². The van der Waals surface area contributed by atoms with Gasteiger partial charge in [0.25, 0.3) is 0 Å². The zero-order valence-electron chi connectivity index (χ0n) is 52.5. The molecule has 0 saturated heterocycles. The van der Waals surface area contributed by atoms with Crippen LogP contribution >= 0.6 is 0 Å². The Bertz CT molecular complexity index is 1160. The first kappa shape index (κ1) is 75.6. The van der Waals surface area contributed by atoms with Crippen LogP contribution in [0.5, 0.6) is 0 Å². The number of unbranched alkanes of at least 4 members (excludes halogenated alkanes) is 54.